The molecule has 5 rings (SSSR count). The maximum absolute atomic E-state index is 13.3. The van der Waals surface area contributed by atoms with Crippen molar-refractivity contribution < 1.29 is 29.2 Å². The molecule has 9 heteroatoms. The lowest BCUT2D eigenvalue weighted by Crippen LogP contribution is -2.40. The number of hydrogen-bond donors (Lipinski definition) is 3. The third-order valence-electron chi connectivity index (χ3n) is 7.22. The highest BCUT2D eigenvalue weighted by Crippen LogP contribution is 2.31. The average Bonchev–Trinajstić information content (AvgIpc) is 2.92. The molecular weight excluding hydrogens is 507 g/mol. The van der Waals surface area contributed by atoms with Crippen LogP contribution in [0.4, 0.5) is 0 Å². The minimum absolute atomic E-state index is 0.126. The molecule has 3 aliphatic rings. The highest BCUT2D eigenvalue weighted by atomic mass is 16.4. The van der Waals surface area contributed by atoms with Crippen molar-refractivity contribution in [1.82, 2.24) is 9.48 Å². The number of carboxylic acid groups (broad SMARTS) is 1. The molecule has 1 heterocycles. The van der Waals surface area contributed by atoms with Crippen molar-refractivity contribution in [3.05, 3.63) is 93.8 Å². The molecule has 0 fully saturated rings. The molecule has 2 aliphatic carbocycles. The lowest BCUT2D eigenvalue weighted by Gasteiger charge is -2.24. The third-order valence-corrected chi connectivity index (χ3v) is 7.22. The van der Waals surface area contributed by atoms with E-state index in [-0.39, 0.29) is 11.3 Å². The fraction of sp³-hybridized carbons (Fsp3) is 0.194. The fourth-order valence-corrected chi connectivity index (χ4v) is 5.26. The summed E-state index contributed by atoms with van der Waals surface area (Å²) < 4.78 is 8.19. The molecule has 0 saturated heterocycles. The Kier molecular flexibility index (Phi) is 7.54. The molecule has 3 N–H and O–H groups in total. The largest absolute Gasteiger partial charge is 0.488 e. The maximum Gasteiger partial charge on any atom is 0.488 e. The fourth-order valence-electron chi connectivity index (χ4n) is 5.26. The van der Waals surface area contributed by atoms with E-state index in [1.54, 1.807) is 36.4 Å². The van der Waals surface area contributed by atoms with Gasteiger partial charge in [-0.3, -0.25) is 4.79 Å². The number of carbonyl (C=O) groups is 2. The van der Waals surface area contributed by atoms with Crippen LogP contribution in [0.3, 0.4) is 0 Å². The number of rotatable bonds is 7. The zero-order valence-corrected chi connectivity index (χ0v) is 22.5. The normalized spacial score (nSPS) is 14.4. The average molecular weight is 537 g/mol. The standard InChI is InChI=1S/C31H29BN2O6/c1-33(2)21-12-13-24-28(15-21)40-29-16-27(35)20(18-34(3)17-19-8-4-7-11-26(19)32(38)39)14-25(29)30(24)22-9-5-6-10-23(22)31(36)37/h4-16,20,38-39H,17-18H2,1-3H3/p+1. The van der Waals surface area contributed by atoms with Gasteiger partial charge >= 0.3 is 13.1 Å². The number of benzene rings is 3. The molecule has 0 bridgehead atoms. The number of ketones is 1. The summed E-state index contributed by atoms with van der Waals surface area (Å²) in [5.74, 6) is -1.14. The second-order valence-corrected chi connectivity index (χ2v) is 10.3. The maximum atomic E-state index is 13.3. The molecule has 2 aromatic carbocycles. The summed E-state index contributed by atoms with van der Waals surface area (Å²) in [5.41, 5.74) is 3.70. The van der Waals surface area contributed by atoms with Crippen LogP contribution in [0.15, 0.2) is 71.1 Å². The lowest BCUT2D eigenvalue weighted by atomic mass is 9.77. The van der Waals surface area contributed by atoms with Crippen LogP contribution in [0.5, 0.6) is 0 Å². The predicted octanol–water partition coefficient (Wildman–Crippen LogP) is 0.353. The first-order chi connectivity index (χ1) is 19.1. The smallest absolute Gasteiger partial charge is 0.478 e. The molecule has 8 nitrogen and oxygen atoms in total. The number of aromatic carboxylic acids is 1. The minimum Gasteiger partial charge on any atom is -0.478 e. The van der Waals surface area contributed by atoms with Crippen LogP contribution in [0.25, 0.3) is 34.6 Å². The number of hydrogen-bond acceptors (Lipinski definition) is 6. The highest BCUT2D eigenvalue weighted by molar-refractivity contribution is 6.59. The first kappa shape index (κ1) is 27.3. The van der Waals surface area contributed by atoms with Crippen LogP contribution < -0.4 is 26.0 Å². The van der Waals surface area contributed by atoms with Gasteiger partial charge in [0.15, 0.2) is 5.78 Å². The molecule has 1 aliphatic heterocycles. The Balaban J connectivity index is 1.66. The van der Waals surface area contributed by atoms with E-state index in [4.69, 9.17) is 4.42 Å². The van der Waals surface area contributed by atoms with Gasteiger partial charge in [-0.15, -0.1) is 0 Å². The van der Waals surface area contributed by atoms with Crippen molar-refractivity contribution in [2.24, 2.45) is 5.92 Å². The summed E-state index contributed by atoms with van der Waals surface area (Å²) in [5, 5.41) is 31.1. The first-order valence-corrected chi connectivity index (χ1v) is 12.9. The van der Waals surface area contributed by atoms with E-state index in [1.165, 1.54) is 6.08 Å². The molecule has 0 saturated carbocycles. The summed E-state index contributed by atoms with van der Waals surface area (Å²) in [6.45, 7) is 0.768. The SMILES string of the molecule is CN(Cc1ccccc1B(O)O)CC1C=c2c(-c3ccccc3C(=O)O)c3ccc(=[N+](C)C)cc-3oc2=CC1=O. The molecule has 0 amide bonds. The van der Waals surface area contributed by atoms with E-state index in [9.17, 15) is 24.7 Å². The summed E-state index contributed by atoms with van der Waals surface area (Å²) in [4.78, 5) is 27.5. The van der Waals surface area contributed by atoms with Gasteiger partial charge in [0.25, 0.3) is 0 Å². The van der Waals surface area contributed by atoms with Gasteiger partial charge in [-0.1, -0.05) is 48.5 Å². The Morgan fingerprint density at radius 2 is 1.75 bits per heavy atom. The topological polar surface area (TPSA) is 114 Å². The zero-order chi connectivity index (χ0) is 28.6. The number of fused-ring (bicyclic) bond motifs is 2. The first-order valence-electron chi connectivity index (χ1n) is 12.9. The number of nitrogens with zero attached hydrogens (tertiary/aromatic N) is 2. The molecule has 0 radical (unpaired) electrons. The summed E-state index contributed by atoms with van der Waals surface area (Å²) in [6.07, 6.45) is 3.35. The quantitative estimate of drug-likeness (QED) is 0.230. The number of carbonyl (C=O) groups excluding carboxylic acids is 1. The van der Waals surface area contributed by atoms with Gasteiger partial charge in [0.1, 0.15) is 25.3 Å². The van der Waals surface area contributed by atoms with Crippen LogP contribution in [0.2, 0.25) is 0 Å². The van der Waals surface area contributed by atoms with Crippen molar-refractivity contribution in [1.29, 1.82) is 0 Å². The van der Waals surface area contributed by atoms with Crippen molar-refractivity contribution in [3.63, 3.8) is 0 Å². The van der Waals surface area contributed by atoms with E-state index in [1.807, 2.05) is 67.0 Å². The van der Waals surface area contributed by atoms with Gasteiger partial charge in [0.05, 0.1) is 17.5 Å². The van der Waals surface area contributed by atoms with Crippen molar-refractivity contribution in [3.8, 4) is 22.5 Å². The van der Waals surface area contributed by atoms with Crippen molar-refractivity contribution >= 4 is 36.5 Å². The molecule has 1 unspecified atom stereocenters. The van der Waals surface area contributed by atoms with Crippen molar-refractivity contribution in [2.45, 2.75) is 6.54 Å². The van der Waals surface area contributed by atoms with E-state index < -0.39 is 19.0 Å². The molecule has 0 aromatic heterocycles. The summed E-state index contributed by atoms with van der Waals surface area (Å²) in [7, 11) is 4.12. The second-order valence-electron chi connectivity index (χ2n) is 10.3. The second kappa shape index (κ2) is 11.1. The van der Waals surface area contributed by atoms with Crippen LogP contribution in [0, 0.1) is 5.92 Å². The van der Waals surface area contributed by atoms with Crippen LogP contribution in [-0.4, -0.2) is 66.6 Å². The Morgan fingerprint density at radius 1 is 1.02 bits per heavy atom. The predicted molar refractivity (Wildman–Crippen MR) is 154 cm³/mol. The molecule has 0 spiro atoms. The molecule has 2 aromatic rings. The van der Waals surface area contributed by atoms with Crippen LogP contribution in [-0.2, 0) is 11.3 Å². The third kappa shape index (κ3) is 5.27. The van der Waals surface area contributed by atoms with E-state index >= 15 is 0 Å². The van der Waals surface area contributed by atoms with Gasteiger partial charge in [0, 0.05) is 41.6 Å². The molecule has 202 valence electrons. The van der Waals surface area contributed by atoms with E-state index in [0.29, 0.717) is 46.1 Å². The highest BCUT2D eigenvalue weighted by Gasteiger charge is 2.26. The Bertz CT molecular complexity index is 1790. The van der Waals surface area contributed by atoms with Crippen LogP contribution >= 0.6 is 0 Å². The van der Waals surface area contributed by atoms with Gasteiger partial charge in [-0.25, -0.2) is 9.37 Å². The minimum atomic E-state index is -1.59. The van der Waals surface area contributed by atoms with Gasteiger partial charge in [-0.05, 0) is 35.8 Å². The summed E-state index contributed by atoms with van der Waals surface area (Å²) >= 11 is 0. The Morgan fingerprint density at radius 3 is 2.48 bits per heavy atom. The monoisotopic (exact) mass is 537 g/mol. The zero-order valence-electron chi connectivity index (χ0n) is 22.5. The number of Topliss-reactive ketones (excluding diaryl/α,β-unsaturated/α-hetero) is 1. The Hall–Kier alpha value is -4.31. The van der Waals surface area contributed by atoms with Gasteiger partial charge < -0.3 is 24.5 Å². The molecule has 1 atom stereocenters. The van der Waals surface area contributed by atoms with E-state index in [0.717, 1.165) is 16.5 Å². The van der Waals surface area contributed by atoms with Gasteiger partial charge in [-0.2, -0.15) is 0 Å². The lowest BCUT2D eigenvalue weighted by molar-refractivity contribution is -0.115. The van der Waals surface area contributed by atoms with Gasteiger partial charge in [0.2, 0.25) is 5.36 Å². The van der Waals surface area contributed by atoms with E-state index in [2.05, 4.69) is 0 Å². The molecule has 40 heavy (non-hydrogen) atoms. The summed E-state index contributed by atoms with van der Waals surface area (Å²) in [6, 6.07) is 19.7. The molecular formula is C31H30BN2O6+. The van der Waals surface area contributed by atoms with Crippen LogP contribution in [0.1, 0.15) is 15.9 Å². The van der Waals surface area contributed by atoms with Crippen molar-refractivity contribution in [2.75, 3.05) is 27.7 Å². The number of carboxylic acids is 1. The Labute approximate surface area is 231 Å².